The summed E-state index contributed by atoms with van der Waals surface area (Å²) in [5.74, 6) is 1.33. The van der Waals surface area contributed by atoms with Gasteiger partial charge < -0.3 is 14.6 Å². The number of rotatable bonds is 10. The van der Waals surface area contributed by atoms with Gasteiger partial charge in [0.1, 0.15) is 36.6 Å². The van der Waals surface area contributed by atoms with Crippen molar-refractivity contribution in [2.24, 2.45) is 0 Å². The number of ether oxygens (including phenoxy) is 2. The molecule has 6 rings (SSSR count). The van der Waals surface area contributed by atoms with E-state index in [1.807, 2.05) is 44.2 Å². The van der Waals surface area contributed by atoms with E-state index in [9.17, 15) is 14.8 Å². The van der Waals surface area contributed by atoms with E-state index in [4.69, 9.17) is 9.47 Å². The van der Waals surface area contributed by atoms with Crippen molar-refractivity contribution >= 4 is 0 Å². The number of pyridine rings is 1. The Morgan fingerprint density at radius 1 is 1.00 bits per heavy atom. The van der Waals surface area contributed by atoms with Crippen molar-refractivity contribution in [1.82, 2.24) is 9.88 Å². The largest absolute Gasteiger partial charge is 0.488 e. The summed E-state index contributed by atoms with van der Waals surface area (Å²) < 4.78 is 27.8. The highest BCUT2D eigenvalue weighted by atomic mass is 19.1. The van der Waals surface area contributed by atoms with Gasteiger partial charge in [-0.3, -0.25) is 9.88 Å². The van der Waals surface area contributed by atoms with Gasteiger partial charge in [0.15, 0.2) is 0 Å². The maximum absolute atomic E-state index is 14.8. The fraction of sp³-hybridized carbons (Fsp3) is 0.333. The fourth-order valence-electron chi connectivity index (χ4n) is 6.26. The molecule has 1 aromatic heterocycles. The molecule has 4 aromatic rings. The third kappa shape index (κ3) is 5.99. The van der Waals surface area contributed by atoms with Gasteiger partial charge in [-0.1, -0.05) is 29.8 Å². The third-order valence-corrected chi connectivity index (χ3v) is 8.84. The standard InChI is InChI=1S/C36H36FN3O3/c1-23-9-10-34(37)32(13-23)29-6-3-5-27(24(29)2)22-43-35-15-36(42-21-26-14-25(16-38)17-39-18-26)33(30-7-4-8-31(30)35)19-40-12-11-28(40)20-41/h3,5-6,9-10,13-15,17-18,28,41H,4,7-8,11-12,19-22H2,1-2H3. The number of aromatic nitrogens is 1. The highest BCUT2D eigenvalue weighted by Gasteiger charge is 2.31. The number of benzene rings is 3. The van der Waals surface area contributed by atoms with Crippen LogP contribution in [0.3, 0.4) is 0 Å². The van der Waals surface area contributed by atoms with E-state index < -0.39 is 0 Å². The van der Waals surface area contributed by atoms with Crippen LogP contribution in [0.15, 0.2) is 60.9 Å². The molecule has 1 aliphatic heterocycles. The molecule has 220 valence electrons. The van der Waals surface area contributed by atoms with Crippen LogP contribution < -0.4 is 9.47 Å². The number of aliphatic hydroxyl groups excluding tert-OH is 1. The number of hydrogen-bond donors (Lipinski definition) is 1. The summed E-state index contributed by atoms with van der Waals surface area (Å²) in [5.41, 5.74) is 9.43. The molecule has 0 radical (unpaired) electrons. The molecule has 2 aliphatic rings. The van der Waals surface area contributed by atoms with Crippen molar-refractivity contribution in [3.05, 3.63) is 111 Å². The van der Waals surface area contributed by atoms with Gasteiger partial charge in [0.05, 0.1) is 12.2 Å². The molecule has 1 atom stereocenters. The summed E-state index contributed by atoms with van der Waals surface area (Å²) >= 11 is 0. The predicted molar refractivity (Wildman–Crippen MR) is 163 cm³/mol. The van der Waals surface area contributed by atoms with Gasteiger partial charge >= 0.3 is 0 Å². The number of likely N-dealkylation sites (tertiary alicyclic amines) is 1. The molecule has 0 saturated carbocycles. The molecule has 1 saturated heterocycles. The highest BCUT2D eigenvalue weighted by Crippen LogP contribution is 2.41. The molecule has 2 heterocycles. The van der Waals surface area contributed by atoms with Crippen LogP contribution in [0.1, 0.15) is 57.3 Å². The molecule has 43 heavy (non-hydrogen) atoms. The first-order chi connectivity index (χ1) is 20.9. The first-order valence-electron chi connectivity index (χ1n) is 14.9. The van der Waals surface area contributed by atoms with Crippen LogP contribution in [0, 0.1) is 31.0 Å². The summed E-state index contributed by atoms with van der Waals surface area (Å²) in [6.07, 6.45) is 7.18. The zero-order valence-electron chi connectivity index (χ0n) is 24.7. The number of aliphatic hydroxyl groups is 1. The van der Waals surface area contributed by atoms with E-state index in [0.29, 0.717) is 24.3 Å². The molecule has 7 heteroatoms. The Bertz CT molecular complexity index is 1690. The van der Waals surface area contributed by atoms with E-state index in [-0.39, 0.29) is 25.1 Å². The molecule has 6 nitrogen and oxygen atoms in total. The van der Waals surface area contributed by atoms with E-state index >= 15 is 0 Å². The lowest BCUT2D eigenvalue weighted by Gasteiger charge is -2.40. The summed E-state index contributed by atoms with van der Waals surface area (Å²) in [6, 6.07) is 17.3. The minimum absolute atomic E-state index is 0.150. The van der Waals surface area contributed by atoms with Crippen LogP contribution in [0.25, 0.3) is 11.1 Å². The lowest BCUT2D eigenvalue weighted by atomic mass is 9.95. The van der Waals surface area contributed by atoms with E-state index in [1.54, 1.807) is 24.5 Å². The molecule has 1 aliphatic carbocycles. The summed E-state index contributed by atoms with van der Waals surface area (Å²) in [6.45, 7) is 6.43. The van der Waals surface area contributed by atoms with Gasteiger partial charge in [-0.25, -0.2) is 4.39 Å². The second kappa shape index (κ2) is 12.5. The summed E-state index contributed by atoms with van der Waals surface area (Å²) in [4.78, 5) is 6.49. The molecular weight excluding hydrogens is 541 g/mol. The van der Waals surface area contributed by atoms with Gasteiger partial charge in [0, 0.05) is 54.3 Å². The van der Waals surface area contributed by atoms with Crippen molar-refractivity contribution in [3.63, 3.8) is 0 Å². The van der Waals surface area contributed by atoms with Crippen LogP contribution in [0.5, 0.6) is 11.5 Å². The Balaban J connectivity index is 1.31. The molecule has 0 amide bonds. The molecule has 0 spiro atoms. The summed E-state index contributed by atoms with van der Waals surface area (Å²) in [7, 11) is 0. The van der Waals surface area contributed by atoms with Crippen molar-refractivity contribution in [2.75, 3.05) is 13.2 Å². The fourth-order valence-corrected chi connectivity index (χ4v) is 6.26. The van der Waals surface area contributed by atoms with Crippen LogP contribution in [0.4, 0.5) is 4.39 Å². The van der Waals surface area contributed by atoms with Gasteiger partial charge in [0.2, 0.25) is 0 Å². The van der Waals surface area contributed by atoms with E-state index in [0.717, 1.165) is 77.1 Å². The quantitative estimate of drug-likeness (QED) is 0.229. The number of aryl methyl sites for hydroxylation is 1. The SMILES string of the molecule is Cc1ccc(F)c(-c2cccc(COc3cc(OCc4cncc(C#N)c4)c(CN4CCC4CO)c4c3CCC4)c2C)c1. The smallest absolute Gasteiger partial charge is 0.131 e. The summed E-state index contributed by atoms with van der Waals surface area (Å²) in [5, 5.41) is 19.1. The molecule has 0 bridgehead atoms. The van der Waals surface area contributed by atoms with Crippen LogP contribution in [-0.4, -0.2) is 34.2 Å². The van der Waals surface area contributed by atoms with Crippen molar-refractivity contribution in [3.8, 4) is 28.7 Å². The van der Waals surface area contributed by atoms with Crippen molar-refractivity contribution in [1.29, 1.82) is 5.26 Å². The van der Waals surface area contributed by atoms with Gasteiger partial charge in [0.25, 0.3) is 0 Å². The Morgan fingerprint density at radius 2 is 1.84 bits per heavy atom. The average molecular weight is 578 g/mol. The average Bonchev–Trinajstić information content (AvgIpc) is 3.50. The van der Waals surface area contributed by atoms with Crippen LogP contribution in [0.2, 0.25) is 0 Å². The third-order valence-electron chi connectivity index (χ3n) is 8.84. The Morgan fingerprint density at radius 3 is 2.63 bits per heavy atom. The van der Waals surface area contributed by atoms with Crippen molar-refractivity contribution < 1.29 is 19.0 Å². The molecule has 1 unspecified atom stereocenters. The topological polar surface area (TPSA) is 78.6 Å². The van der Waals surface area contributed by atoms with Gasteiger partial charge in [-0.15, -0.1) is 0 Å². The van der Waals surface area contributed by atoms with Crippen LogP contribution in [-0.2, 0) is 32.6 Å². The highest BCUT2D eigenvalue weighted by molar-refractivity contribution is 5.69. The molecule has 1 N–H and O–H groups in total. The maximum atomic E-state index is 14.8. The van der Waals surface area contributed by atoms with Gasteiger partial charge in [-0.05, 0) is 85.5 Å². The van der Waals surface area contributed by atoms with E-state index in [2.05, 4.69) is 16.0 Å². The molecular formula is C36H36FN3O3. The van der Waals surface area contributed by atoms with Gasteiger partial charge in [-0.2, -0.15) is 5.26 Å². The monoisotopic (exact) mass is 577 g/mol. The lowest BCUT2D eigenvalue weighted by Crippen LogP contribution is -2.49. The number of fused-ring (bicyclic) bond motifs is 1. The lowest BCUT2D eigenvalue weighted by molar-refractivity contribution is 0.0346. The Labute approximate surface area is 252 Å². The zero-order chi connectivity index (χ0) is 29.9. The minimum atomic E-state index is -0.233. The van der Waals surface area contributed by atoms with E-state index in [1.165, 1.54) is 17.2 Å². The second-order valence-corrected chi connectivity index (χ2v) is 11.6. The van der Waals surface area contributed by atoms with Crippen LogP contribution >= 0.6 is 0 Å². The number of nitrogens with zero attached hydrogens (tertiary/aromatic N) is 3. The number of halogens is 1. The Hall–Kier alpha value is -4.25. The van der Waals surface area contributed by atoms with Crippen molar-refractivity contribution in [2.45, 2.75) is 65.3 Å². The Kier molecular flexibility index (Phi) is 8.42. The number of hydrogen-bond acceptors (Lipinski definition) is 6. The molecule has 1 fully saturated rings. The maximum Gasteiger partial charge on any atom is 0.131 e. The minimum Gasteiger partial charge on any atom is -0.488 e. The first kappa shape index (κ1) is 28.9. The number of nitriles is 1. The molecule has 3 aromatic carbocycles. The first-order valence-corrected chi connectivity index (χ1v) is 14.9. The zero-order valence-corrected chi connectivity index (χ0v) is 24.7. The normalized spacial score (nSPS) is 15.9. The second-order valence-electron chi connectivity index (χ2n) is 11.6. The predicted octanol–water partition coefficient (Wildman–Crippen LogP) is 6.59.